The molecular weight excluding hydrogens is 280 g/mol. The number of halogens is 1. The lowest BCUT2D eigenvalue weighted by Crippen LogP contribution is -2.13. The zero-order valence-electron chi connectivity index (χ0n) is 10.9. The molecule has 2 aromatic rings. The molecule has 5 heteroatoms. The molecule has 0 saturated carbocycles. The number of carbonyl (C=O) groups excluding carboxylic acids is 1. The van der Waals surface area contributed by atoms with Crippen LogP contribution in [0, 0.1) is 13.8 Å². The van der Waals surface area contributed by atoms with Gasteiger partial charge in [0.2, 0.25) is 5.91 Å². The number of aryl methyl sites for hydroxylation is 3. The van der Waals surface area contributed by atoms with E-state index in [-0.39, 0.29) is 5.91 Å². The van der Waals surface area contributed by atoms with Crippen molar-refractivity contribution in [2.24, 2.45) is 0 Å². The number of thiazole rings is 1. The van der Waals surface area contributed by atoms with Gasteiger partial charge in [-0.25, -0.2) is 4.98 Å². The minimum Gasteiger partial charge on any atom is -0.326 e. The monoisotopic (exact) mass is 294 g/mol. The highest BCUT2D eigenvalue weighted by atomic mass is 35.5. The van der Waals surface area contributed by atoms with Crippen LogP contribution in [-0.2, 0) is 11.2 Å². The van der Waals surface area contributed by atoms with Crippen molar-refractivity contribution < 1.29 is 4.79 Å². The first-order chi connectivity index (χ1) is 9.04. The smallest absolute Gasteiger partial charge is 0.224 e. The molecule has 19 heavy (non-hydrogen) atoms. The van der Waals surface area contributed by atoms with Gasteiger partial charge in [-0.05, 0) is 37.6 Å². The number of nitrogens with zero attached hydrogens (tertiary/aromatic N) is 1. The van der Waals surface area contributed by atoms with E-state index in [2.05, 4.69) is 10.3 Å². The van der Waals surface area contributed by atoms with Gasteiger partial charge in [0.05, 0.1) is 5.01 Å². The van der Waals surface area contributed by atoms with Crippen LogP contribution in [0.3, 0.4) is 0 Å². The third-order valence-electron chi connectivity index (χ3n) is 2.70. The second kappa shape index (κ2) is 6.17. The quantitative estimate of drug-likeness (QED) is 0.926. The molecule has 1 amide bonds. The number of amides is 1. The molecule has 0 radical (unpaired) electrons. The van der Waals surface area contributed by atoms with Crippen molar-refractivity contribution in [2.75, 3.05) is 5.32 Å². The van der Waals surface area contributed by atoms with Crippen molar-refractivity contribution in [1.29, 1.82) is 0 Å². The van der Waals surface area contributed by atoms with Gasteiger partial charge in [0.25, 0.3) is 0 Å². The molecule has 0 aliphatic heterocycles. The summed E-state index contributed by atoms with van der Waals surface area (Å²) in [5.74, 6) is -0.00160. The molecule has 1 N–H and O–H groups in total. The van der Waals surface area contributed by atoms with Crippen LogP contribution < -0.4 is 5.32 Å². The molecule has 0 fully saturated rings. The zero-order valence-corrected chi connectivity index (χ0v) is 12.4. The summed E-state index contributed by atoms with van der Waals surface area (Å²) >= 11 is 7.47. The van der Waals surface area contributed by atoms with Gasteiger partial charge >= 0.3 is 0 Å². The Bertz CT molecular complexity index is 595. The van der Waals surface area contributed by atoms with Crippen LogP contribution >= 0.6 is 22.9 Å². The van der Waals surface area contributed by atoms with E-state index >= 15 is 0 Å². The topological polar surface area (TPSA) is 42.0 Å². The lowest BCUT2D eigenvalue weighted by molar-refractivity contribution is -0.116. The maximum Gasteiger partial charge on any atom is 0.224 e. The molecule has 100 valence electrons. The van der Waals surface area contributed by atoms with Crippen LogP contribution in [0.25, 0.3) is 0 Å². The van der Waals surface area contributed by atoms with Gasteiger partial charge in [-0.15, -0.1) is 11.3 Å². The number of hydrogen-bond acceptors (Lipinski definition) is 3. The van der Waals surface area contributed by atoms with E-state index in [1.165, 1.54) is 0 Å². The van der Waals surface area contributed by atoms with Crippen LogP contribution in [-0.4, -0.2) is 10.9 Å². The molecule has 3 nitrogen and oxygen atoms in total. The molecule has 0 saturated heterocycles. The summed E-state index contributed by atoms with van der Waals surface area (Å²) in [6.45, 7) is 3.88. The Balaban J connectivity index is 1.90. The Morgan fingerprint density at radius 1 is 1.42 bits per heavy atom. The van der Waals surface area contributed by atoms with Gasteiger partial charge in [0.15, 0.2) is 0 Å². The fourth-order valence-electron chi connectivity index (χ4n) is 1.72. The summed E-state index contributed by atoms with van der Waals surface area (Å²) in [6, 6.07) is 5.43. The first-order valence-electron chi connectivity index (χ1n) is 6.01. The lowest BCUT2D eigenvalue weighted by atomic mass is 10.2. The van der Waals surface area contributed by atoms with E-state index in [4.69, 9.17) is 11.6 Å². The van der Waals surface area contributed by atoms with Gasteiger partial charge in [-0.1, -0.05) is 11.6 Å². The summed E-state index contributed by atoms with van der Waals surface area (Å²) in [5, 5.41) is 6.57. The van der Waals surface area contributed by atoms with Crippen molar-refractivity contribution >= 4 is 34.5 Å². The average Bonchev–Trinajstić information content (AvgIpc) is 2.76. The number of anilines is 1. The Kier molecular flexibility index (Phi) is 4.56. The lowest BCUT2D eigenvalue weighted by Gasteiger charge is -2.08. The van der Waals surface area contributed by atoms with E-state index < -0.39 is 0 Å². The van der Waals surface area contributed by atoms with Crippen molar-refractivity contribution in [3.63, 3.8) is 0 Å². The van der Waals surface area contributed by atoms with Gasteiger partial charge < -0.3 is 5.32 Å². The van der Waals surface area contributed by atoms with E-state index in [0.29, 0.717) is 17.9 Å². The molecule has 0 aliphatic rings. The predicted molar refractivity (Wildman–Crippen MR) is 80.0 cm³/mol. The maximum atomic E-state index is 11.9. The molecule has 0 unspecified atom stereocenters. The molecule has 2 rings (SSSR count). The third-order valence-corrected chi connectivity index (χ3v) is 3.96. The molecule has 0 spiro atoms. The highest BCUT2D eigenvalue weighted by Crippen LogP contribution is 2.20. The summed E-state index contributed by atoms with van der Waals surface area (Å²) < 4.78 is 0. The number of benzene rings is 1. The van der Waals surface area contributed by atoms with Crippen molar-refractivity contribution in [1.82, 2.24) is 4.98 Å². The minimum atomic E-state index is -0.00160. The molecule has 1 aromatic heterocycles. The van der Waals surface area contributed by atoms with E-state index in [1.54, 1.807) is 17.4 Å². The van der Waals surface area contributed by atoms with Crippen LogP contribution in [0.2, 0.25) is 5.02 Å². The van der Waals surface area contributed by atoms with E-state index in [9.17, 15) is 4.79 Å². The third kappa shape index (κ3) is 4.04. The second-order valence-corrected chi connectivity index (χ2v) is 5.77. The van der Waals surface area contributed by atoms with Gasteiger partial charge in [-0.2, -0.15) is 0 Å². The van der Waals surface area contributed by atoms with E-state index in [1.807, 2.05) is 31.4 Å². The standard InChI is InChI=1S/C14H15ClN2OS/c1-9-7-11(15)3-4-12(9)17-13(18)5-6-14-16-10(2)8-19-14/h3-4,7-8H,5-6H2,1-2H3,(H,17,18). The highest BCUT2D eigenvalue weighted by Gasteiger charge is 2.07. The van der Waals surface area contributed by atoms with Crippen molar-refractivity contribution in [2.45, 2.75) is 26.7 Å². The zero-order chi connectivity index (χ0) is 13.8. The molecule has 0 atom stereocenters. The Labute approximate surface area is 121 Å². The van der Waals surface area contributed by atoms with Crippen LogP contribution in [0.4, 0.5) is 5.69 Å². The van der Waals surface area contributed by atoms with Gasteiger partial charge in [-0.3, -0.25) is 4.79 Å². The summed E-state index contributed by atoms with van der Waals surface area (Å²) in [7, 11) is 0. The second-order valence-electron chi connectivity index (χ2n) is 4.39. The average molecular weight is 295 g/mol. The predicted octanol–water partition coefficient (Wildman–Crippen LogP) is 3.98. The Hall–Kier alpha value is -1.39. The molecule has 0 bridgehead atoms. The number of aromatic nitrogens is 1. The Morgan fingerprint density at radius 2 is 2.21 bits per heavy atom. The Morgan fingerprint density at radius 3 is 2.84 bits per heavy atom. The van der Waals surface area contributed by atoms with Gasteiger partial charge in [0, 0.05) is 34.6 Å². The number of carbonyl (C=O) groups is 1. The van der Waals surface area contributed by atoms with Crippen LogP contribution in [0.1, 0.15) is 22.7 Å². The summed E-state index contributed by atoms with van der Waals surface area (Å²) in [5.41, 5.74) is 2.78. The summed E-state index contributed by atoms with van der Waals surface area (Å²) in [6.07, 6.45) is 1.12. The highest BCUT2D eigenvalue weighted by molar-refractivity contribution is 7.09. The first-order valence-corrected chi connectivity index (χ1v) is 7.27. The normalized spacial score (nSPS) is 10.5. The molecule has 1 heterocycles. The minimum absolute atomic E-state index is 0.00160. The van der Waals surface area contributed by atoms with Gasteiger partial charge in [0.1, 0.15) is 0 Å². The number of rotatable bonds is 4. The molecule has 1 aromatic carbocycles. The maximum absolute atomic E-state index is 11.9. The number of nitrogens with one attached hydrogen (secondary N) is 1. The largest absolute Gasteiger partial charge is 0.326 e. The molecular formula is C14H15ClN2OS. The van der Waals surface area contributed by atoms with Crippen molar-refractivity contribution in [3.8, 4) is 0 Å². The van der Waals surface area contributed by atoms with Crippen LogP contribution in [0.5, 0.6) is 0 Å². The SMILES string of the molecule is Cc1csc(CCC(=O)Nc2ccc(Cl)cc2C)n1. The summed E-state index contributed by atoms with van der Waals surface area (Å²) in [4.78, 5) is 16.2. The van der Waals surface area contributed by atoms with Crippen LogP contribution in [0.15, 0.2) is 23.6 Å². The first kappa shape index (κ1) is 14.0. The fourth-order valence-corrected chi connectivity index (χ4v) is 2.72. The number of hydrogen-bond donors (Lipinski definition) is 1. The van der Waals surface area contributed by atoms with Crippen molar-refractivity contribution in [3.05, 3.63) is 44.9 Å². The fraction of sp³-hybridized carbons (Fsp3) is 0.286. The van der Waals surface area contributed by atoms with E-state index in [0.717, 1.165) is 22.0 Å². The molecule has 0 aliphatic carbocycles.